The molecule has 6 N–H and O–H groups in total. The monoisotopic (exact) mass is 587 g/mol. The van der Waals surface area contributed by atoms with Crippen molar-refractivity contribution in [2.45, 2.75) is 63.3 Å². The summed E-state index contributed by atoms with van der Waals surface area (Å²) in [6, 6.07) is 0.730. The lowest BCUT2D eigenvalue weighted by atomic mass is 9.49. The van der Waals surface area contributed by atoms with E-state index < -0.39 is 94.1 Å². The minimum absolute atomic E-state index is 0.0282. The first-order chi connectivity index (χ1) is 19.7. The second-order valence-corrected chi connectivity index (χ2v) is 11.5. The molecule has 0 bridgehead atoms. The van der Waals surface area contributed by atoms with E-state index in [0.29, 0.717) is 18.4 Å². The molecule has 0 heterocycles. The maximum Gasteiger partial charge on any atom is 0.328 e. The van der Waals surface area contributed by atoms with Gasteiger partial charge in [-0.05, 0) is 45.0 Å². The number of phenols is 1. The lowest BCUT2D eigenvalue weighted by molar-refractivity contribution is -0.196. The Morgan fingerprint density at radius 1 is 1.14 bits per heavy atom. The van der Waals surface area contributed by atoms with Gasteiger partial charge in [0.15, 0.2) is 34.7 Å². The number of benzene rings is 1. The van der Waals surface area contributed by atoms with Gasteiger partial charge in [0.05, 0.1) is 41.8 Å². The summed E-state index contributed by atoms with van der Waals surface area (Å²) in [7, 11) is 2.86. The van der Waals surface area contributed by atoms with Crippen LogP contribution in [-0.4, -0.2) is 99.7 Å². The molecule has 4 rings (SSSR count). The molecule has 1 aromatic rings. The topological polar surface area (TPSA) is 214 Å². The van der Waals surface area contributed by atoms with Crippen LogP contribution < -0.4 is 11.1 Å². The van der Waals surface area contributed by atoms with Crippen molar-refractivity contribution in [1.82, 2.24) is 4.90 Å². The van der Waals surface area contributed by atoms with Gasteiger partial charge in [0.25, 0.3) is 0 Å². The Morgan fingerprint density at radius 3 is 2.33 bits per heavy atom. The van der Waals surface area contributed by atoms with E-state index in [9.17, 15) is 44.1 Å². The number of carbonyl (C=O) groups excluding carboxylic acids is 6. The Morgan fingerprint density at radius 2 is 1.79 bits per heavy atom. The molecule has 1 amide bonds. The minimum atomic E-state index is -3.07. The van der Waals surface area contributed by atoms with Gasteiger partial charge in [-0.25, -0.2) is 4.79 Å². The fourth-order valence-electron chi connectivity index (χ4n) is 7.07. The molecule has 0 aromatic heterocycles. The zero-order valence-corrected chi connectivity index (χ0v) is 24.1. The van der Waals surface area contributed by atoms with E-state index in [4.69, 9.17) is 10.5 Å². The van der Waals surface area contributed by atoms with Gasteiger partial charge < -0.3 is 31.1 Å². The molecule has 2 saturated carbocycles. The van der Waals surface area contributed by atoms with Gasteiger partial charge in [0.2, 0.25) is 5.91 Å². The SMILES string of the molecule is CCCC(Nc1ccc2c(c1O)C(=O)C1C(=O)[C@]3(O)C(=O)C(C(N)=O)C(=O)[C@@H](N(C)C)[C@@H]3[C@@H](O)[C@@H]1[C@H]2C)C(=O)OCC. The molecule has 0 aliphatic heterocycles. The van der Waals surface area contributed by atoms with Crippen LogP contribution in [0.5, 0.6) is 5.75 Å². The zero-order valence-electron chi connectivity index (χ0n) is 24.1. The maximum absolute atomic E-state index is 14.1. The van der Waals surface area contributed by atoms with Gasteiger partial charge in [-0.15, -0.1) is 0 Å². The number of phenolic OH excluding ortho intramolecular Hbond substituents is 1. The van der Waals surface area contributed by atoms with Crippen molar-refractivity contribution < 1.29 is 48.8 Å². The second kappa shape index (κ2) is 11.2. The molecule has 228 valence electrons. The fourth-order valence-corrected chi connectivity index (χ4v) is 7.07. The second-order valence-electron chi connectivity index (χ2n) is 11.5. The number of carbonyl (C=O) groups is 6. The summed E-state index contributed by atoms with van der Waals surface area (Å²) in [6.45, 7) is 5.27. The third-order valence-electron chi connectivity index (χ3n) is 8.97. The van der Waals surface area contributed by atoms with E-state index in [1.807, 2.05) is 6.92 Å². The summed E-state index contributed by atoms with van der Waals surface area (Å²) in [5.41, 5.74) is 2.33. The van der Waals surface area contributed by atoms with Crippen molar-refractivity contribution in [3.63, 3.8) is 0 Å². The van der Waals surface area contributed by atoms with Gasteiger partial charge in [0.1, 0.15) is 11.8 Å². The van der Waals surface area contributed by atoms with E-state index in [0.717, 1.165) is 0 Å². The number of aromatic hydroxyl groups is 1. The van der Waals surface area contributed by atoms with Crippen molar-refractivity contribution in [3.8, 4) is 5.75 Å². The zero-order chi connectivity index (χ0) is 31.4. The summed E-state index contributed by atoms with van der Waals surface area (Å²) in [6.07, 6.45) is -0.750. The number of anilines is 1. The molecular formula is C29H37N3O10. The van der Waals surface area contributed by atoms with Crippen LogP contribution in [0.3, 0.4) is 0 Å². The molecule has 13 heteroatoms. The molecule has 0 radical (unpaired) electrons. The summed E-state index contributed by atoms with van der Waals surface area (Å²) < 4.78 is 5.10. The number of ether oxygens (including phenoxy) is 1. The van der Waals surface area contributed by atoms with Crippen LogP contribution in [0.15, 0.2) is 12.1 Å². The van der Waals surface area contributed by atoms with Crippen LogP contribution in [0.1, 0.15) is 55.5 Å². The number of Topliss-reactive ketones (excluding diaryl/α,β-unsaturated/α-hetero) is 4. The Hall–Kier alpha value is -3.68. The number of aliphatic hydroxyl groups is 2. The highest BCUT2D eigenvalue weighted by molar-refractivity contribution is 6.32. The first kappa shape index (κ1) is 31.3. The third kappa shape index (κ3) is 4.41. The number of nitrogens with two attached hydrogens (primary N) is 1. The molecule has 0 spiro atoms. The standard InChI is InChI=1S/C29H37N3O10/c1-6-8-14(28(40)42-7-2)31-13-10-9-12-11(3)15-17(22(34)16(12)21(13)33)25(37)29(41)19(23(15)35)20(32(4)5)24(36)18(26(29)38)27(30)39/h9-11,14-15,17-20,23,31,33,35,41H,6-8H2,1-5H3,(H2,30,39)/t11-,14?,15+,17?,18?,19+,20-,23-,29-/m0/s1. The number of fused-ring (bicyclic) bond motifs is 3. The number of nitrogens with zero attached hydrogens (tertiary/aromatic N) is 1. The van der Waals surface area contributed by atoms with E-state index in [1.165, 1.54) is 31.1 Å². The van der Waals surface area contributed by atoms with Crippen molar-refractivity contribution in [2.24, 2.45) is 29.4 Å². The Labute approximate surface area is 242 Å². The molecule has 3 aliphatic rings. The number of ketones is 4. The first-order valence-corrected chi connectivity index (χ1v) is 14.0. The van der Waals surface area contributed by atoms with Crippen molar-refractivity contribution in [2.75, 3.05) is 26.0 Å². The van der Waals surface area contributed by atoms with Crippen LogP contribution in [-0.2, 0) is 28.7 Å². The van der Waals surface area contributed by atoms with E-state index in [2.05, 4.69) is 5.32 Å². The highest BCUT2D eigenvalue weighted by Crippen LogP contribution is 2.55. The van der Waals surface area contributed by atoms with Crippen LogP contribution in [0, 0.1) is 23.7 Å². The molecule has 2 fully saturated rings. The van der Waals surface area contributed by atoms with Crippen LogP contribution >= 0.6 is 0 Å². The summed E-state index contributed by atoms with van der Waals surface area (Å²) >= 11 is 0. The predicted molar refractivity (Wildman–Crippen MR) is 146 cm³/mol. The van der Waals surface area contributed by atoms with Crippen molar-refractivity contribution in [1.29, 1.82) is 0 Å². The highest BCUT2D eigenvalue weighted by Gasteiger charge is 2.72. The molecule has 13 nitrogen and oxygen atoms in total. The highest BCUT2D eigenvalue weighted by atomic mass is 16.5. The Kier molecular flexibility index (Phi) is 8.33. The molecule has 42 heavy (non-hydrogen) atoms. The predicted octanol–water partition coefficient (Wildman–Crippen LogP) is -0.457. The molecule has 1 aromatic carbocycles. The van der Waals surface area contributed by atoms with Crippen molar-refractivity contribution >= 4 is 40.7 Å². The minimum Gasteiger partial charge on any atom is -0.505 e. The molecule has 0 saturated heterocycles. The maximum atomic E-state index is 14.1. The van der Waals surface area contributed by atoms with Gasteiger partial charge in [-0.1, -0.05) is 26.3 Å². The lowest BCUT2D eigenvalue weighted by Crippen LogP contribution is -2.77. The van der Waals surface area contributed by atoms with E-state index in [-0.39, 0.29) is 17.9 Å². The van der Waals surface area contributed by atoms with Crippen LogP contribution in [0.4, 0.5) is 5.69 Å². The van der Waals surface area contributed by atoms with Gasteiger partial charge in [-0.3, -0.25) is 28.9 Å². The summed E-state index contributed by atoms with van der Waals surface area (Å²) in [4.78, 5) is 80.7. The number of rotatable bonds is 8. The van der Waals surface area contributed by atoms with Crippen LogP contribution in [0.2, 0.25) is 0 Å². The molecular weight excluding hydrogens is 550 g/mol. The number of hydrogen-bond acceptors (Lipinski definition) is 12. The van der Waals surface area contributed by atoms with Crippen molar-refractivity contribution in [3.05, 3.63) is 23.3 Å². The average Bonchev–Trinajstić information content (AvgIpc) is 2.91. The molecule has 9 atom stereocenters. The number of aliphatic hydroxyl groups excluding tert-OH is 1. The van der Waals surface area contributed by atoms with Gasteiger partial charge in [-0.2, -0.15) is 0 Å². The number of esters is 1. The van der Waals surface area contributed by atoms with Gasteiger partial charge >= 0.3 is 5.97 Å². The van der Waals surface area contributed by atoms with Crippen LogP contribution in [0.25, 0.3) is 0 Å². The number of likely N-dealkylation sites (N-methyl/N-ethyl adjacent to an activating group) is 1. The van der Waals surface area contributed by atoms with E-state index in [1.54, 1.807) is 13.8 Å². The molecule has 3 aliphatic carbocycles. The first-order valence-electron chi connectivity index (χ1n) is 14.0. The summed E-state index contributed by atoms with van der Waals surface area (Å²) in [5.74, 6) is -14.7. The normalized spacial score (nSPS) is 33.0. The van der Waals surface area contributed by atoms with E-state index >= 15 is 0 Å². The largest absolute Gasteiger partial charge is 0.505 e. The third-order valence-corrected chi connectivity index (χ3v) is 8.97. The Balaban J connectivity index is 1.84. The number of amides is 1. The summed E-state index contributed by atoms with van der Waals surface area (Å²) in [5, 5.41) is 37.5. The van der Waals surface area contributed by atoms with Gasteiger partial charge in [0, 0.05) is 5.92 Å². The molecule has 3 unspecified atom stereocenters. The Bertz CT molecular complexity index is 1360. The average molecular weight is 588 g/mol. The fraction of sp³-hybridized carbons (Fsp3) is 0.586. The smallest absolute Gasteiger partial charge is 0.328 e. The lowest BCUT2D eigenvalue weighted by Gasteiger charge is -2.56. The number of primary amides is 1. The quantitative estimate of drug-likeness (QED) is 0.148. The number of nitrogens with one attached hydrogen (secondary N) is 1. The number of hydrogen-bond donors (Lipinski definition) is 5.